The number of nitrogens with zero attached hydrogens (tertiary/aromatic N) is 2. The second kappa shape index (κ2) is 3.43. The molecule has 78 valence electrons. The molecule has 15 heavy (non-hydrogen) atoms. The Bertz CT molecular complexity index is 473. The minimum Gasteiger partial charge on any atom is -0.348 e. The molecule has 0 saturated heterocycles. The number of hydrogen-bond donors (Lipinski definition) is 2. The number of imidazole rings is 1. The number of aromatic nitrogens is 3. The minimum absolute atomic E-state index is 0.179. The van der Waals surface area contributed by atoms with E-state index in [-0.39, 0.29) is 6.04 Å². The van der Waals surface area contributed by atoms with Gasteiger partial charge in [-0.2, -0.15) is 0 Å². The van der Waals surface area contributed by atoms with Crippen LogP contribution in [0.4, 0.5) is 0 Å². The largest absolute Gasteiger partial charge is 0.348 e. The lowest BCUT2D eigenvalue weighted by Crippen LogP contribution is -2.30. The molecule has 3 rings (SSSR count). The molecule has 3 heterocycles. The number of aryl methyl sites for hydroxylation is 1. The molecule has 0 amide bonds. The lowest BCUT2D eigenvalue weighted by Gasteiger charge is -2.20. The van der Waals surface area contributed by atoms with Gasteiger partial charge in [0.25, 0.3) is 0 Å². The summed E-state index contributed by atoms with van der Waals surface area (Å²) < 4.78 is 0. The maximum atomic E-state index is 4.51. The lowest BCUT2D eigenvalue weighted by atomic mass is 10.1. The van der Waals surface area contributed by atoms with E-state index in [1.54, 1.807) is 17.7 Å². The lowest BCUT2D eigenvalue weighted by molar-refractivity contribution is 0.551. The summed E-state index contributed by atoms with van der Waals surface area (Å²) in [6.07, 6.45) is 2.79. The minimum atomic E-state index is 0.179. The van der Waals surface area contributed by atoms with Gasteiger partial charge < -0.3 is 10.3 Å². The smallest absolute Gasteiger partial charge is 0.116 e. The van der Waals surface area contributed by atoms with Crippen molar-refractivity contribution in [1.82, 2.24) is 20.3 Å². The summed E-state index contributed by atoms with van der Waals surface area (Å²) in [6, 6.07) is 0.179. The SMILES string of the molecule is Cc1csc(C2NCCc3[nH]cnc32)n1. The summed E-state index contributed by atoms with van der Waals surface area (Å²) in [5.74, 6) is 0. The number of hydrogen-bond acceptors (Lipinski definition) is 4. The Balaban J connectivity index is 2.02. The average Bonchev–Trinajstić information content (AvgIpc) is 2.84. The number of thiazole rings is 1. The molecular weight excluding hydrogens is 208 g/mol. The van der Waals surface area contributed by atoms with Gasteiger partial charge >= 0.3 is 0 Å². The Morgan fingerprint density at radius 3 is 3.27 bits per heavy atom. The van der Waals surface area contributed by atoms with E-state index < -0.39 is 0 Å². The first-order valence-corrected chi connectivity index (χ1v) is 5.90. The Labute approximate surface area is 91.8 Å². The number of H-pyrrole nitrogens is 1. The first-order valence-electron chi connectivity index (χ1n) is 5.02. The van der Waals surface area contributed by atoms with Crippen LogP contribution in [-0.2, 0) is 6.42 Å². The van der Waals surface area contributed by atoms with Crippen LogP contribution in [-0.4, -0.2) is 21.5 Å². The second-order valence-corrected chi connectivity index (χ2v) is 4.62. The van der Waals surface area contributed by atoms with E-state index in [0.717, 1.165) is 29.4 Å². The molecule has 0 radical (unpaired) electrons. The van der Waals surface area contributed by atoms with Crippen molar-refractivity contribution < 1.29 is 0 Å². The van der Waals surface area contributed by atoms with Crippen molar-refractivity contribution in [2.24, 2.45) is 0 Å². The summed E-state index contributed by atoms with van der Waals surface area (Å²) in [4.78, 5) is 12.1. The molecule has 1 atom stereocenters. The van der Waals surface area contributed by atoms with E-state index in [4.69, 9.17) is 0 Å². The Hall–Kier alpha value is -1.20. The van der Waals surface area contributed by atoms with Gasteiger partial charge in [0.1, 0.15) is 11.0 Å². The van der Waals surface area contributed by atoms with Crippen LogP contribution in [0.25, 0.3) is 0 Å². The van der Waals surface area contributed by atoms with Crippen LogP contribution in [0.1, 0.15) is 28.1 Å². The van der Waals surface area contributed by atoms with E-state index >= 15 is 0 Å². The van der Waals surface area contributed by atoms with E-state index in [2.05, 4.69) is 25.6 Å². The maximum absolute atomic E-state index is 4.51. The highest BCUT2D eigenvalue weighted by Gasteiger charge is 2.25. The normalized spacial score (nSPS) is 20.2. The number of fused-ring (bicyclic) bond motifs is 1. The van der Waals surface area contributed by atoms with Gasteiger partial charge in [0, 0.05) is 29.7 Å². The molecule has 2 aromatic heterocycles. The molecule has 0 bridgehead atoms. The fourth-order valence-corrected chi connectivity index (χ4v) is 2.80. The highest BCUT2D eigenvalue weighted by Crippen LogP contribution is 2.28. The Kier molecular flexibility index (Phi) is 2.07. The molecular formula is C10H12N4S. The molecule has 1 unspecified atom stereocenters. The molecule has 0 spiro atoms. The third kappa shape index (κ3) is 1.48. The molecule has 4 nitrogen and oxygen atoms in total. The number of rotatable bonds is 1. The number of nitrogens with one attached hydrogen (secondary N) is 2. The van der Waals surface area contributed by atoms with Gasteiger partial charge in [0.15, 0.2) is 0 Å². The van der Waals surface area contributed by atoms with Crippen molar-refractivity contribution >= 4 is 11.3 Å². The highest BCUT2D eigenvalue weighted by atomic mass is 32.1. The maximum Gasteiger partial charge on any atom is 0.116 e. The van der Waals surface area contributed by atoms with Crippen molar-refractivity contribution in [2.75, 3.05) is 6.54 Å². The van der Waals surface area contributed by atoms with Crippen molar-refractivity contribution in [3.05, 3.63) is 33.8 Å². The van der Waals surface area contributed by atoms with Crippen LogP contribution in [0.15, 0.2) is 11.7 Å². The molecule has 1 aliphatic rings. The zero-order chi connectivity index (χ0) is 10.3. The molecule has 1 aliphatic heterocycles. The van der Waals surface area contributed by atoms with E-state index in [0.29, 0.717) is 0 Å². The molecule has 5 heteroatoms. The molecule has 0 saturated carbocycles. The zero-order valence-electron chi connectivity index (χ0n) is 8.45. The summed E-state index contributed by atoms with van der Waals surface area (Å²) in [5.41, 5.74) is 3.43. The van der Waals surface area contributed by atoms with Crippen molar-refractivity contribution in [1.29, 1.82) is 0 Å². The van der Waals surface area contributed by atoms with Crippen LogP contribution in [0.3, 0.4) is 0 Å². The van der Waals surface area contributed by atoms with Crippen molar-refractivity contribution in [3.63, 3.8) is 0 Å². The van der Waals surface area contributed by atoms with Gasteiger partial charge in [0.05, 0.1) is 12.0 Å². The highest BCUT2D eigenvalue weighted by molar-refractivity contribution is 7.09. The van der Waals surface area contributed by atoms with Crippen molar-refractivity contribution in [2.45, 2.75) is 19.4 Å². The van der Waals surface area contributed by atoms with Gasteiger partial charge in [-0.05, 0) is 6.92 Å². The van der Waals surface area contributed by atoms with Gasteiger partial charge in [-0.1, -0.05) is 0 Å². The van der Waals surface area contributed by atoms with Crippen molar-refractivity contribution in [3.8, 4) is 0 Å². The van der Waals surface area contributed by atoms with Crippen LogP contribution in [0.5, 0.6) is 0 Å². The predicted octanol–water partition coefficient (Wildman–Crippen LogP) is 1.41. The zero-order valence-corrected chi connectivity index (χ0v) is 9.27. The third-order valence-electron chi connectivity index (χ3n) is 2.63. The summed E-state index contributed by atoms with van der Waals surface area (Å²) >= 11 is 1.70. The summed E-state index contributed by atoms with van der Waals surface area (Å²) in [5, 5.41) is 6.65. The van der Waals surface area contributed by atoms with Gasteiger partial charge in [-0.3, -0.25) is 0 Å². The Morgan fingerprint density at radius 1 is 1.53 bits per heavy atom. The number of aromatic amines is 1. The van der Waals surface area contributed by atoms with Gasteiger partial charge in [0.2, 0.25) is 0 Å². The first-order chi connectivity index (χ1) is 7.34. The van der Waals surface area contributed by atoms with Crippen LogP contribution in [0.2, 0.25) is 0 Å². The van der Waals surface area contributed by atoms with Crippen LogP contribution in [0, 0.1) is 6.92 Å². The Morgan fingerprint density at radius 2 is 2.47 bits per heavy atom. The monoisotopic (exact) mass is 220 g/mol. The van der Waals surface area contributed by atoms with Crippen LogP contribution >= 0.6 is 11.3 Å². The van der Waals surface area contributed by atoms with E-state index in [1.165, 1.54) is 5.69 Å². The summed E-state index contributed by atoms with van der Waals surface area (Å²) in [6.45, 7) is 3.01. The average molecular weight is 220 g/mol. The first kappa shape index (κ1) is 9.06. The molecule has 2 N–H and O–H groups in total. The van der Waals surface area contributed by atoms with Crippen LogP contribution < -0.4 is 5.32 Å². The molecule has 2 aromatic rings. The fraction of sp³-hybridized carbons (Fsp3) is 0.400. The second-order valence-electron chi connectivity index (χ2n) is 3.73. The van der Waals surface area contributed by atoms with E-state index in [1.807, 2.05) is 6.92 Å². The summed E-state index contributed by atoms with van der Waals surface area (Å²) in [7, 11) is 0. The quantitative estimate of drug-likeness (QED) is 0.764. The predicted molar refractivity (Wildman–Crippen MR) is 59.0 cm³/mol. The third-order valence-corrected chi connectivity index (χ3v) is 3.66. The molecule has 0 aliphatic carbocycles. The van der Waals surface area contributed by atoms with Gasteiger partial charge in [-0.15, -0.1) is 11.3 Å². The van der Waals surface area contributed by atoms with Gasteiger partial charge in [-0.25, -0.2) is 9.97 Å². The van der Waals surface area contributed by atoms with E-state index in [9.17, 15) is 0 Å². The molecule has 0 fully saturated rings. The fourth-order valence-electron chi connectivity index (χ4n) is 1.93. The topological polar surface area (TPSA) is 53.6 Å². The standard InChI is InChI=1S/C10H12N4S/c1-6-4-15-10(14-6)9-8-7(2-3-11-9)12-5-13-8/h4-5,9,11H,2-3H2,1H3,(H,12,13). The molecule has 0 aromatic carbocycles.